The molecule has 1 heterocycles. The maximum absolute atomic E-state index is 13.0. The zero-order chi connectivity index (χ0) is 24.9. The number of rotatable bonds is 7. The van der Waals surface area contributed by atoms with Crippen molar-refractivity contribution in [2.45, 2.75) is 38.1 Å². The average molecular weight is 498 g/mol. The van der Waals surface area contributed by atoms with Gasteiger partial charge < -0.3 is 19.9 Å². The van der Waals surface area contributed by atoms with Gasteiger partial charge in [0.15, 0.2) is 0 Å². The molecule has 0 aliphatic carbocycles. The number of nitrogens with one attached hydrogen (secondary N) is 1. The van der Waals surface area contributed by atoms with E-state index in [0.717, 1.165) is 12.8 Å². The van der Waals surface area contributed by atoms with Gasteiger partial charge in [0.1, 0.15) is 11.8 Å². The van der Waals surface area contributed by atoms with Crippen LogP contribution in [0.5, 0.6) is 5.75 Å². The molecule has 1 unspecified atom stereocenters. The smallest absolute Gasteiger partial charge is 0.405 e. The number of carbonyl (C=O) groups excluding carboxylic acids is 2. The van der Waals surface area contributed by atoms with Crippen LogP contribution in [0, 0.1) is 0 Å². The molecule has 0 spiro atoms. The fourth-order valence-corrected chi connectivity index (χ4v) is 4.19. The van der Waals surface area contributed by atoms with Crippen LogP contribution in [-0.4, -0.2) is 61.2 Å². The highest BCUT2D eigenvalue weighted by atomic mass is 35.5. The minimum Gasteiger partial charge on any atom is -0.405 e. The predicted octanol–water partition coefficient (Wildman–Crippen LogP) is 5.18. The molecule has 1 saturated heterocycles. The van der Waals surface area contributed by atoms with Gasteiger partial charge in [0.05, 0.1) is 5.02 Å². The zero-order valence-electron chi connectivity index (χ0n) is 19.0. The van der Waals surface area contributed by atoms with E-state index in [1.54, 1.807) is 17.0 Å². The molecule has 0 radical (unpaired) electrons. The Morgan fingerprint density at radius 1 is 1.15 bits per heavy atom. The van der Waals surface area contributed by atoms with Crippen molar-refractivity contribution in [2.75, 3.05) is 32.5 Å². The van der Waals surface area contributed by atoms with Crippen LogP contribution in [0.1, 0.15) is 25.7 Å². The highest BCUT2D eigenvalue weighted by Gasteiger charge is 2.33. The maximum Gasteiger partial charge on any atom is 0.573 e. The molecular formula is C24H27ClF3N3O3. The van der Waals surface area contributed by atoms with Gasteiger partial charge in [0.2, 0.25) is 11.8 Å². The zero-order valence-corrected chi connectivity index (χ0v) is 19.7. The number of carbonyl (C=O) groups is 2. The van der Waals surface area contributed by atoms with Crippen molar-refractivity contribution in [1.82, 2.24) is 9.80 Å². The topological polar surface area (TPSA) is 61.9 Å². The Morgan fingerprint density at radius 3 is 2.56 bits per heavy atom. The van der Waals surface area contributed by atoms with Gasteiger partial charge in [-0.2, -0.15) is 0 Å². The number of halogens is 4. The molecule has 10 heteroatoms. The molecule has 184 valence electrons. The van der Waals surface area contributed by atoms with Gasteiger partial charge in [0.25, 0.3) is 0 Å². The van der Waals surface area contributed by atoms with E-state index in [2.05, 4.69) is 10.1 Å². The fraction of sp³-hybridized carbons (Fsp3) is 0.417. The molecular weight excluding hydrogens is 471 g/mol. The second-order valence-electron chi connectivity index (χ2n) is 8.38. The van der Waals surface area contributed by atoms with Crippen molar-refractivity contribution in [2.24, 2.45) is 0 Å². The maximum atomic E-state index is 13.0. The highest BCUT2D eigenvalue weighted by Crippen LogP contribution is 2.38. The van der Waals surface area contributed by atoms with Gasteiger partial charge in [-0.1, -0.05) is 35.9 Å². The number of benzene rings is 2. The van der Waals surface area contributed by atoms with Gasteiger partial charge in [-0.3, -0.25) is 9.59 Å². The van der Waals surface area contributed by atoms with E-state index in [-0.39, 0.29) is 28.1 Å². The molecule has 0 aromatic heterocycles. The Morgan fingerprint density at radius 2 is 1.88 bits per heavy atom. The predicted molar refractivity (Wildman–Crippen MR) is 125 cm³/mol. The van der Waals surface area contributed by atoms with Crippen LogP contribution in [0.2, 0.25) is 5.02 Å². The Labute approximate surface area is 201 Å². The van der Waals surface area contributed by atoms with E-state index < -0.39 is 12.4 Å². The lowest BCUT2D eigenvalue weighted by Crippen LogP contribution is -2.50. The first-order valence-electron chi connectivity index (χ1n) is 10.9. The Balaban J connectivity index is 1.75. The number of hydrogen-bond donors (Lipinski definition) is 1. The number of amides is 2. The fourth-order valence-electron chi connectivity index (χ4n) is 3.91. The van der Waals surface area contributed by atoms with Gasteiger partial charge >= 0.3 is 6.36 Å². The first kappa shape index (κ1) is 25.8. The van der Waals surface area contributed by atoms with Crippen molar-refractivity contribution in [3.05, 3.63) is 47.5 Å². The lowest BCUT2D eigenvalue weighted by Gasteiger charge is -2.35. The van der Waals surface area contributed by atoms with Gasteiger partial charge in [-0.25, -0.2) is 0 Å². The Kier molecular flexibility index (Phi) is 8.43. The van der Waals surface area contributed by atoms with Crippen LogP contribution in [0.15, 0.2) is 42.5 Å². The summed E-state index contributed by atoms with van der Waals surface area (Å²) in [6.45, 7) is 1.13. The number of alkyl halides is 3. The number of para-hydroxylation sites is 1. The monoisotopic (exact) mass is 497 g/mol. The number of hydrogen-bond acceptors (Lipinski definition) is 4. The number of nitrogens with zero attached hydrogens (tertiary/aromatic N) is 2. The molecule has 2 amide bonds. The van der Waals surface area contributed by atoms with Crippen LogP contribution in [0.4, 0.5) is 18.9 Å². The van der Waals surface area contributed by atoms with Gasteiger partial charge in [-0.05, 0) is 51.6 Å². The highest BCUT2D eigenvalue weighted by molar-refractivity contribution is 6.33. The van der Waals surface area contributed by atoms with Crippen molar-refractivity contribution in [3.8, 4) is 16.9 Å². The van der Waals surface area contributed by atoms with Crippen LogP contribution in [0.25, 0.3) is 11.1 Å². The largest absolute Gasteiger partial charge is 0.573 e. The normalized spacial score (nSPS) is 16.4. The van der Waals surface area contributed by atoms with E-state index in [1.165, 1.54) is 30.3 Å². The lowest BCUT2D eigenvalue weighted by atomic mass is 10.0. The van der Waals surface area contributed by atoms with Crippen molar-refractivity contribution in [3.63, 3.8) is 0 Å². The van der Waals surface area contributed by atoms with E-state index >= 15 is 0 Å². The Bertz CT molecular complexity index is 1030. The third kappa shape index (κ3) is 6.87. The van der Waals surface area contributed by atoms with Crippen molar-refractivity contribution < 1.29 is 27.5 Å². The molecule has 1 aliphatic rings. The minimum atomic E-state index is -4.84. The molecule has 3 rings (SSSR count). The Hall–Kier alpha value is -2.78. The molecule has 1 fully saturated rings. The van der Waals surface area contributed by atoms with Crippen LogP contribution in [-0.2, 0) is 9.59 Å². The summed E-state index contributed by atoms with van der Waals surface area (Å²) in [5.74, 6) is -0.756. The molecule has 6 nitrogen and oxygen atoms in total. The number of ether oxygens (including phenoxy) is 1. The van der Waals surface area contributed by atoms with E-state index in [1.807, 2.05) is 19.0 Å². The van der Waals surface area contributed by atoms with Crippen molar-refractivity contribution >= 4 is 29.1 Å². The summed E-state index contributed by atoms with van der Waals surface area (Å²) in [6, 6.07) is 9.67. The first-order chi connectivity index (χ1) is 16.0. The summed E-state index contributed by atoms with van der Waals surface area (Å²) in [6.07, 6.45) is -2.26. The molecule has 1 atom stereocenters. The second kappa shape index (κ2) is 11.1. The van der Waals surface area contributed by atoms with Crippen LogP contribution < -0.4 is 10.1 Å². The third-order valence-electron chi connectivity index (χ3n) is 5.54. The SMILES string of the molecule is CN(C)CCC(=O)N1CCCCC1C(=O)Nc1ccc(-c2ccccc2OC(F)(F)F)c(Cl)c1. The third-order valence-corrected chi connectivity index (χ3v) is 5.85. The summed E-state index contributed by atoms with van der Waals surface area (Å²) < 4.78 is 42.4. The first-order valence-corrected chi connectivity index (χ1v) is 11.3. The molecule has 2 aromatic rings. The molecule has 0 saturated carbocycles. The van der Waals surface area contributed by atoms with Crippen LogP contribution >= 0.6 is 11.6 Å². The van der Waals surface area contributed by atoms with Crippen molar-refractivity contribution in [1.29, 1.82) is 0 Å². The standard InChI is InChI=1S/C24H27ClF3N3O3/c1-30(2)14-12-22(32)31-13-6-5-8-20(31)23(33)29-16-10-11-17(19(25)15-16)18-7-3-4-9-21(18)34-24(26,27)28/h3-4,7,9-11,15,20H,5-6,8,12-14H2,1-2H3,(H,29,33). The van der Waals surface area contributed by atoms with Crippen LogP contribution in [0.3, 0.4) is 0 Å². The van der Waals surface area contributed by atoms with E-state index in [4.69, 9.17) is 11.6 Å². The summed E-state index contributed by atoms with van der Waals surface area (Å²) >= 11 is 6.37. The minimum absolute atomic E-state index is 0.0665. The van der Waals surface area contributed by atoms with E-state index in [9.17, 15) is 22.8 Å². The summed E-state index contributed by atoms with van der Waals surface area (Å²) in [4.78, 5) is 29.2. The lowest BCUT2D eigenvalue weighted by molar-refractivity contribution is -0.274. The quantitative estimate of drug-likeness (QED) is 0.573. The number of anilines is 1. The van der Waals surface area contributed by atoms with E-state index in [0.29, 0.717) is 37.2 Å². The summed E-state index contributed by atoms with van der Waals surface area (Å²) in [7, 11) is 3.77. The molecule has 1 N–H and O–H groups in total. The number of likely N-dealkylation sites (tertiary alicyclic amines) is 1. The molecule has 2 aromatic carbocycles. The average Bonchev–Trinajstić information content (AvgIpc) is 2.77. The summed E-state index contributed by atoms with van der Waals surface area (Å²) in [5, 5.41) is 2.95. The summed E-state index contributed by atoms with van der Waals surface area (Å²) in [5.41, 5.74) is 0.893. The molecule has 0 bridgehead atoms. The van der Waals surface area contributed by atoms with Gasteiger partial charge in [-0.15, -0.1) is 13.2 Å². The molecule has 1 aliphatic heterocycles. The number of piperidine rings is 1. The molecule has 34 heavy (non-hydrogen) atoms. The van der Waals surface area contributed by atoms with Gasteiger partial charge in [0, 0.05) is 36.3 Å². The second-order valence-corrected chi connectivity index (χ2v) is 8.79.